The predicted octanol–water partition coefficient (Wildman–Crippen LogP) is 4.38. The molecular weight excluding hydrogens is 599 g/mol. The summed E-state index contributed by atoms with van der Waals surface area (Å²) in [4.78, 5) is 34.8. The zero-order valence-corrected chi connectivity index (χ0v) is 25.7. The molecule has 0 aliphatic carbocycles. The van der Waals surface area contributed by atoms with Crippen molar-refractivity contribution in [1.82, 2.24) is 9.88 Å². The summed E-state index contributed by atoms with van der Waals surface area (Å²) in [5, 5.41) is 7.99. The molecule has 2 N–H and O–H groups in total. The fraction of sp³-hybridized carbons (Fsp3) is 0.281. The number of rotatable bonds is 8. The molecule has 10 nitrogen and oxygen atoms in total. The van der Waals surface area contributed by atoms with Crippen molar-refractivity contribution in [1.29, 1.82) is 0 Å². The Morgan fingerprint density at radius 2 is 1.50 bits per heavy atom. The number of nitrogens with zero attached hydrogens (tertiary/aromatic N) is 3. The van der Waals surface area contributed by atoms with E-state index in [0.29, 0.717) is 60.5 Å². The molecule has 3 heterocycles. The Morgan fingerprint density at radius 3 is 2.20 bits per heavy atom. The van der Waals surface area contributed by atoms with E-state index >= 15 is 0 Å². The summed E-state index contributed by atoms with van der Waals surface area (Å²) in [5.41, 5.74) is 5.33. The van der Waals surface area contributed by atoms with Crippen molar-refractivity contribution in [3.8, 4) is 11.3 Å². The summed E-state index contributed by atoms with van der Waals surface area (Å²) >= 11 is 1.25. The van der Waals surface area contributed by atoms with Crippen LogP contribution < -0.4 is 15.5 Å². The summed E-state index contributed by atoms with van der Waals surface area (Å²) < 4.78 is 28.7. The molecule has 6 rings (SSSR count). The Balaban J connectivity index is 1.04. The normalized spacial score (nSPS) is 16.8. The van der Waals surface area contributed by atoms with Crippen LogP contribution in [-0.4, -0.2) is 81.0 Å². The van der Waals surface area contributed by atoms with Crippen molar-refractivity contribution >= 4 is 50.1 Å². The van der Waals surface area contributed by atoms with E-state index in [1.807, 2.05) is 60.0 Å². The van der Waals surface area contributed by atoms with E-state index in [1.165, 1.54) is 11.3 Å². The number of thiazole rings is 1. The Labute approximate surface area is 260 Å². The maximum absolute atomic E-state index is 13.0. The minimum atomic E-state index is -2.91. The van der Waals surface area contributed by atoms with Gasteiger partial charge in [0.1, 0.15) is 0 Å². The maximum Gasteiger partial charge on any atom is 0.284 e. The first-order valence-electron chi connectivity index (χ1n) is 14.4. The SMILES string of the molecule is O=C(Nc1ccc(CN2CCS(=O)(=O)CC2)cc1)c1cccc(-c2csc(C(=O)Nc3ccc(N4CCOCC4)cc3)n2)c1. The molecule has 0 unspecified atom stereocenters. The van der Waals surface area contributed by atoms with Gasteiger partial charge >= 0.3 is 0 Å². The van der Waals surface area contributed by atoms with Gasteiger partial charge in [-0.2, -0.15) is 0 Å². The van der Waals surface area contributed by atoms with E-state index in [1.54, 1.807) is 18.2 Å². The Bertz CT molecular complexity index is 1720. The first-order chi connectivity index (χ1) is 21.3. The van der Waals surface area contributed by atoms with Crippen LogP contribution in [0.4, 0.5) is 17.1 Å². The van der Waals surface area contributed by atoms with Crippen LogP contribution in [0.3, 0.4) is 0 Å². The lowest BCUT2D eigenvalue weighted by Gasteiger charge is -2.28. The first kappa shape index (κ1) is 29.9. The molecule has 2 fully saturated rings. The van der Waals surface area contributed by atoms with Gasteiger partial charge < -0.3 is 20.3 Å². The van der Waals surface area contributed by atoms with E-state index in [9.17, 15) is 18.0 Å². The van der Waals surface area contributed by atoms with Gasteiger partial charge in [-0.05, 0) is 54.1 Å². The van der Waals surface area contributed by atoms with E-state index in [4.69, 9.17) is 4.74 Å². The molecule has 228 valence electrons. The highest BCUT2D eigenvalue weighted by Crippen LogP contribution is 2.25. The van der Waals surface area contributed by atoms with Crippen LogP contribution in [0.25, 0.3) is 11.3 Å². The smallest absolute Gasteiger partial charge is 0.284 e. The van der Waals surface area contributed by atoms with Gasteiger partial charge in [-0.1, -0.05) is 24.3 Å². The number of benzene rings is 3. The number of aromatic nitrogens is 1. The number of morpholine rings is 1. The standard InChI is InChI=1S/C32H33N5O5S2/c38-30(33-26-6-4-23(5-7-26)21-36-14-18-44(40,41)19-15-36)25-3-1-2-24(20-25)29-22-43-32(35-29)31(39)34-27-8-10-28(11-9-27)37-12-16-42-17-13-37/h1-11,20,22H,12-19,21H2,(H,33,38)(H,34,39). The number of nitrogens with one attached hydrogen (secondary N) is 2. The lowest BCUT2D eigenvalue weighted by Crippen LogP contribution is -2.39. The fourth-order valence-corrected chi connectivity index (χ4v) is 7.15. The van der Waals surface area contributed by atoms with Crippen molar-refractivity contribution in [2.24, 2.45) is 0 Å². The fourth-order valence-electron chi connectivity index (χ4n) is 5.16. The number of carbonyl (C=O) groups excluding carboxylic acids is 2. The van der Waals surface area contributed by atoms with E-state index in [0.717, 1.165) is 29.9 Å². The molecule has 2 amide bonds. The molecule has 0 atom stereocenters. The second-order valence-corrected chi connectivity index (χ2v) is 14.0. The summed E-state index contributed by atoms with van der Waals surface area (Å²) in [6.45, 7) is 4.86. The van der Waals surface area contributed by atoms with Crippen LogP contribution in [0.2, 0.25) is 0 Å². The summed E-state index contributed by atoms with van der Waals surface area (Å²) in [7, 11) is -2.91. The molecule has 44 heavy (non-hydrogen) atoms. The highest BCUT2D eigenvalue weighted by molar-refractivity contribution is 7.91. The number of hydrogen-bond acceptors (Lipinski definition) is 9. The van der Waals surface area contributed by atoms with Gasteiger partial charge in [0, 0.05) is 66.3 Å². The number of hydrogen-bond donors (Lipinski definition) is 2. The number of carbonyl (C=O) groups is 2. The monoisotopic (exact) mass is 631 g/mol. The zero-order valence-electron chi connectivity index (χ0n) is 24.1. The van der Waals surface area contributed by atoms with Crippen LogP contribution in [0, 0.1) is 0 Å². The van der Waals surface area contributed by atoms with Crippen molar-refractivity contribution in [3.63, 3.8) is 0 Å². The average Bonchev–Trinajstić information content (AvgIpc) is 3.55. The van der Waals surface area contributed by atoms with Gasteiger partial charge in [0.05, 0.1) is 30.4 Å². The summed E-state index contributed by atoms with van der Waals surface area (Å²) in [6, 6.07) is 22.5. The minimum absolute atomic E-state index is 0.195. The molecule has 0 radical (unpaired) electrons. The van der Waals surface area contributed by atoms with Gasteiger partial charge in [-0.3, -0.25) is 14.5 Å². The molecule has 0 saturated carbocycles. The molecule has 3 aromatic carbocycles. The van der Waals surface area contributed by atoms with E-state index in [-0.39, 0.29) is 23.3 Å². The van der Waals surface area contributed by atoms with E-state index < -0.39 is 9.84 Å². The Morgan fingerprint density at radius 1 is 0.841 bits per heavy atom. The van der Waals surface area contributed by atoms with E-state index in [2.05, 4.69) is 25.4 Å². The quantitative estimate of drug-likeness (QED) is 0.294. The molecule has 2 saturated heterocycles. The van der Waals surface area contributed by atoms with Gasteiger partial charge in [0.15, 0.2) is 14.8 Å². The van der Waals surface area contributed by atoms with Gasteiger partial charge in [-0.25, -0.2) is 13.4 Å². The number of anilines is 3. The lowest BCUT2D eigenvalue weighted by atomic mass is 10.1. The number of ether oxygens (including phenoxy) is 1. The average molecular weight is 632 g/mol. The van der Waals surface area contributed by atoms with Crippen LogP contribution in [-0.2, 0) is 21.1 Å². The second-order valence-electron chi connectivity index (χ2n) is 10.8. The largest absolute Gasteiger partial charge is 0.378 e. The van der Waals surface area contributed by atoms with Gasteiger partial charge in [0.2, 0.25) is 0 Å². The molecule has 2 aliphatic rings. The topological polar surface area (TPSA) is 121 Å². The predicted molar refractivity (Wildman–Crippen MR) is 173 cm³/mol. The highest BCUT2D eigenvalue weighted by atomic mass is 32.2. The summed E-state index contributed by atoms with van der Waals surface area (Å²) in [6.07, 6.45) is 0. The van der Waals surface area contributed by atoms with Crippen LogP contribution in [0.5, 0.6) is 0 Å². The second kappa shape index (κ2) is 13.3. The molecule has 2 aliphatic heterocycles. The minimum Gasteiger partial charge on any atom is -0.378 e. The van der Waals surface area contributed by atoms with Crippen molar-refractivity contribution in [2.75, 3.05) is 66.4 Å². The van der Waals surface area contributed by atoms with Crippen LogP contribution in [0.15, 0.2) is 78.2 Å². The van der Waals surface area contributed by atoms with Gasteiger partial charge in [0.25, 0.3) is 11.8 Å². The highest BCUT2D eigenvalue weighted by Gasteiger charge is 2.21. The lowest BCUT2D eigenvalue weighted by molar-refractivity contribution is 0.101. The van der Waals surface area contributed by atoms with Crippen LogP contribution in [0.1, 0.15) is 25.7 Å². The maximum atomic E-state index is 13.0. The zero-order chi connectivity index (χ0) is 30.5. The van der Waals surface area contributed by atoms with Crippen molar-refractivity contribution < 1.29 is 22.7 Å². The number of amides is 2. The Kier molecular flexibility index (Phi) is 9.03. The molecule has 1 aromatic heterocycles. The molecule has 4 aromatic rings. The van der Waals surface area contributed by atoms with Crippen molar-refractivity contribution in [2.45, 2.75) is 6.54 Å². The Hall–Kier alpha value is -4.10. The first-order valence-corrected chi connectivity index (χ1v) is 17.1. The molecule has 12 heteroatoms. The molecule has 0 spiro atoms. The third kappa shape index (κ3) is 7.51. The molecular formula is C32H33N5O5S2. The van der Waals surface area contributed by atoms with Crippen LogP contribution >= 0.6 is 11.3 Å². The van der Waals surface area contributed by atoms with Gasteiger partial charge in [-0.15, -0.1) is 11.3 Å². The third-order valence-corrected chi connectivity index (χ3v) is 10.1. The molecule has 0 bridgehead atoms. The third-order valence-electron chi connectivity index (χ3n) is 7.68. The number of sulfone groups is 1. The van der Waals surface area contributed by atoms with Crippen molar-refractivity contribution in [3.05, 3.63) is 94.3 Å². The summed E-state index contributed by atoms with van der Waals surface area (Å²) in [5.74, 6) is -0.155.